The van der Waals surface area contributed by atoms with Gasteiger partial charge in [0, 0.05) is 39.0 Å². The Morgan fingerprint density at radius 1 is 1.42 bits per heavy atom. The van der Waals surface area contributed by atoms with Gasteiger partial charge in [0.25, 0.3) is 0 Å². The Hall–Kier alpha value is -1.13. The van der Waals surface area contributed by atoms with E-state index in [1.54, 1.807) is 13.2 Å². The molecule has 0 heterocycles. The first-order valence-corrected chi connectivity index (χ1v) is 6.82. The summed E-state index contributed by atoms with van der Waals surface area (Å²) in [5.74, 6) is -0.202. The van der Waals surface area contributed by atoms with Gasteiger partial charge in [0.05, 0.1) is 0 Å². The highest BCUT2D eigenvalue weighted by Gasteiger charge is 2.11. The largest absolute Gasteiger partial charge is 0.385 e. The summed E-state index contributed by atoms with van der Waals surface area (Å²) in [5.41, 5.74) is 8.02. The predicted octanol–water partition coefficient (Wildman–Crippen LogP) is 2.58. The molecule has 0 radical (unpaired) electrons. The van der Waals surface area contributed by atoms with E-state index < -0.39 is 0 Å². The molecule has 0 aliphatic carbocycles. The van der Waals surface area contributed by atoms with Crippen LogP contribution < -0.4 is 10.6 Å². The highest BCUT2D eigenvalue weighted by Crippen LogP contribution is 2.22. The van der Waals surface area contributed by atoms with Gasteiger partial charge in [-0.25, -0.2) is 4.39 Å². The third-order valence-corrected chi connectivity index (χ3v) is 3.30. The molecule has 1 aromatic rings. The molecule has 0 bridgehead atoms. The molecule has 1 unspecified atom stereocenters. The van der Waals surface area contributed by atoms with Gasteiger partial charge in [-0.3, -0.25) is 0 Å². The molecule has 19 heavy (non-hydrogen) atoms. The van der Waals surface area contributed by atoms with Crippen molar-refractivity contribution in [1.82, 2.24) is 0 Å². The molecule has 3 nitrogen and oxygen atoms in total. The van der Waals surface area contributed by atoms with Crippen LogP contribution in [-0.2, 0) is 11.2 Å². The minimum atomic E-state index is -0.202. The molecule has 0 saturated heterocycles. The van der Waals surface area contributed by atoms with Gasteiger partial charge >= 0.3 is 0 Å². The first kappa shape index (κ1) is 15.9. The summed E-state index contributed by atoms with van der Waals surface area (Å²) in [6.07, 6.45) is 2.55. The molecule has 0 aliphatic rings. The highest BCUT2D eigenvalue weighted by molar-refractivity contribution is 5.53. The molecule has 0 fully saturated rings. The van der Waals surface area contributed by atoms with E-state index in [1.807, 2.05) is 20.0 Å². The van der Waals surface area contributed by atoms with Crippen LogP contribution in [0.4, 0.5) is 10.1 Å². The number of rotatable bonds is 8. The number of nitrogens with two attached hydrogens (primary N) is 1. The minimum absolute atomic E-state index is 0.0768. The van der Waals surface area contributed by atoms with Crippen molar-refractivity contribution >= 4 is 5.69 Å². The van der Waals surface area contributed by atoms with Gasteiger partial charge in [0.15, 0.2) is 0 Å². The Labute approximate surface area is 115 Å². The number of ether oxygens (including phenoxy) is 1. The molecule has 1 rings (SSSR count). The maximum atomic E-state index is 13.4. The van der Waals surface area contributed by atoms with Crippen LogP contribution in [-0.4, -0.2) is 33.4 Å². The smallest absolute Gasteiger partial charge is 0.123 e. The lowest BCUT2D eigenvalue weighted by molar-refractivity contribution is 0.196. The Bertz CT molecular complexity index is 384. The molecule has 0 aliphatic heterocycles. The zero-order valence-electron chi connectivity index (χ0n) is 12.2. The van der Waals surface area contributed by atoms with Crippen molar-refractivity contribution in [1.29, 1.82) is 0 Å². The molecule has 0 amide bonds. The lowest BCUT2D eigenvalue weighted by Crippen LogP contribution is -2.25. The normalized spacial score (nSPS) is 12.5. The lowest BCUT2D eigenvalue weighted by Gasteiger charge is -2.23. The number of hydrogen-bond acceptors (Lipinski definition) is 3. The van der Waals surface area contributed by atoms with E-state index in [-0.39, 0.29) is 11.9 Å². The van der Waals surface area contributed by atoms with E-state index >= 15 is 0 Å². The van der Waals surface area contributed by atoms with Crippen LogP contribution >= 0.6 is 0 Å². The van der Waals surface area contributed by atoms with E-state index in [9.17, 15) is 4.39 Å². The molecule has 0 aromatic heterocycles. The fraction of sp³-hybridized carbons (Fsp3) is 0.600. The van der Waals surface area contributed by atoms with Crippen LogP contribution in [0.3, 0.4) is 0 Å². The van der Waals surface area contributed by atoms with Crippen molar-refractivity contribution in [3.05, 3.63) is 29.6 Å². The first-order chi connectivity index (χ1) is 9.08. The molecule has 2 N–H and O–H groups in total. The van der Waals surface area contributed by atoms with Crippen molar-refractivity contribution in [2.24, 2.45) is 5.73 Å². The average Bonchev–Trinajstić information content (AvgIpc) is 2.38. The summed E-state index contributed by atoms with van der Waals surface area (Å²) in [6, 6.07) is 5.01. The van der Waals surface area contributed by atoms with Crippen LogP contribution in [0.15, 0.2) is 18.2 Å². The zero-order chi connectivity index (χ0) is 14.3. The third-order valence-electron chi connectivity index (χ3n) is 3.30. The molecule has 1 aromatic carbocycles. The summed E-state index contributed by atoms with van der Waals surface area (Å²) in [4.78, 5) is 2.14. The van der Waals surface area contributed by atoms with Crippen molar-refractivity contribution in [3.63, 3.8) is 0 Å². The average molecular weight is 268 g/mol. The van der Waals surface area contributed by atoms with Crippen molar-refractivity contribution in [3.8, 4) is 0 Å². The zero-order valence-corrected chi connectivity index (χ0v) is 12.2. The molecule has 1 atom stereocenters. The number of benzene rings is 1. The van der Waals surface area contributed by atoms with E-state index in [0.29, 0.717) is 6.42 Å². The molecular formula is C15H25FN2O. The van der Waals surface area contributed by atoms with Crippen LogP contribution in [0.5, 0.6) is 0 Å². The van der Waals surface area contributed by atoms with Gasteiger partial charge in [-0.2, -0.15) is 0 Å². The standard InChI is InChI=1S/C15H25FN2O/c1-4-14(17)11-12-10-13(16)6-7-15(12)18(2)8-5-9-19-3/h6-7,10,14H,4-5,8-9,11,17H2,1-3H3. The van der Waals surface area contributed by atoms with Gasteiger partial charge in [0.2, 0.25) is 0 Å². The van der Waals surface area contributed by atoms with Crippen molar-refractivity contribution in [2.75, 3.05) is 32.2 Å². The Kier molecular flexibility index (Phi) is 6.81. The topological polar surface area (TPSA) is 38.5 Å². The predicted molar refractivity (Wildman–Crippen MR) is 78.1 cm³/mol. The quantitative estimate of drug-likeness (QED) is 0.736. The van der Waals surface area contributed by atoms with E-state index in [2.05, 4.69) is 4.90 Å². The Morgan fingerprint density at radius 2 is 2.16 bits per heavy atom. The Balaban J connectivity index is 2.80. The summed E-state index contributed by atoms with van der Waals surface area (Å²) in [7, 11) is 3.72. The van der Waals surface area contributed by atoms with Crippen LogP contribution in [0.1, 0.15) is 25.3 Å². The lowest BCUT2D eigenvalue weighted by atomic mass is 10.0. The summed E-state index contributed by atoms with van der Waals surface area (Å²) in [6.45, 7) is 3.66. The number of anilines is 1. The van der Waals surface area contributed by atoms with Gasteiger partial charge in [-0.1, -0.05) is 6.92 Å². The number of hydrogen-bond donors (Lipinski definition) is 1. The van der Waals surface area contributed by atoms with Crippen molar-refractivity contribution in [2.45, 2.75) is 32.2 Å². The van der Waals surface area contributed by atoms with Gasteiger partial charge in [-0.05, 0) is 43.0 Å². The molecular weight excluding hydrogens is 243 g/mol. The summed E-state index contributed by atoms with van der Waals surface area (Å²) >= 11 is 0. The fourth-order valence-electron chi connectivity index (χ4n) is 2.08. The second-order valence-corrected chi connectivity index (χ2v) is 4.91. The number of methoxy groups -OCH3 is 1. The minimum Gasteiger partial charge on any atom is -0.385 e. The summed E-state index contributed by atoms with van der Waals surface area (Å²) < 4.78 is 18.4. The molecule has 0 spiro atoms. The summed E-state index contributed by atoms with van der Waals surface area (Å²) in [5, 5.41) is 0. The molecule has 108 valence electrons. The Morgan fingerprint density at radius 3 is 2.79 bits per heavy atom. The second-order valence-electron chi connectivity index (χ2n) is 4.91. The second kappa shape index (κ2) is 8.12. The van der Waals surface area contributed by atoms with Crippen LogP contribution in [0, 0.1) is 5.82 Å². The van der Waals surface area contributed by atoms with Crippen LogP contribution in [0.2, 0.25) is 0 Å². The highest BCUT2D eigenvalue weighted by atomic mass is 19.1. The van der Waals surface area contributed by atoms with Gasteiger partial charge in [-0.15, -0.1) is 0 Å². The fourth-order valence-corrected chi connectivity index (χ4v) is 2.08. The van der Waals surface area contributed by atoms with Gasteiger partial charge in [0.1, 0.15) is 5.82 Å². The first-order valence-electron chi connectivity index (χ1n) is 6.82. The number of halogens is 1. The van der Waals surface area contributed by atoms with E-state index in [0.717, 1.165) is 37.2 Å². The van der Waals surface area contributed by atoms with E-state index in [1.165, 1.54) is 6.07 Å². The third kappa shape index (κ3) is 5.17. The molecule has 4 heteroatoms. The van der Waals surface area contributed by atoms with Gasteiger partial charge < -0.3 is 15.4 Å². The van der Waals surface area contributed by atoms with E-state index in [4.69, 9.17) is 10.5 Å². The maximum absolute atomic E-state index is 13.4. The SMILES string of the molecule is CCC(N)Cc1cc(F)ccc1N(C)CCCOC. The van der Waals surface area contributed by atoms with Crippen LogP contribution in [0.25, 0.3) is 0 Å². The monoisotopic (exact) mass is 268 g/mol. The number of nitrogens with zero attached hydrogens (tertiary/aromatic N) is 1. The maximum Gasteiger partial charge on any atom is 0.123 e. The molecule has 0 saturated carbocycles. The van der Waals surface area contributed by atoms with Crippen molar-refractivity contribution < 1.29 is 9.13 Å².